The smallest absolute Gasteiger partial charge is 0.254 e. The molecule has 6 nitrogen and oxygen atoms in total. The lowest BCUT2D eigenvalue weighted by atomic mass is 10.0. The minimum absolute atomic E-state index is 0.0279. The Kier molecular flexibility index (Phi) is 4.98. The van der Waals surface area contributed by atoms with E-state index in [1.807, 2.05) is 18.1 Å². The molecular weight excluding hydrogens is 381 g/mol. The SMILES string of the molecule is Cn1cc(-c2cc(C(=O)N3CCC[C@H]3CN3CCCC3)c3cc(F)ccc3n2)cn1. The summed E-state index contributed by atoms with van der Waals surface area (Å²) in [4.78, 5) is 22.8. The van der Waals surface area contributed by atoms with E-state index in [9.17, 15) is 9.18 Å². The van der Waals surface area contributed by atoms with Gasteiger partial charge in [-0.3, -0.25) is 9.48 Å². The largest absolute Gasteiger partial charge is 0.334 e. The van der Waals surface area contributed by atoms with E-state index in [1.165, 1.54) is 25.0 Å². The number of nitrogens with zero attached hydrogens (tertiary/aromatic N) is 5. The van der Waals surface area contributed by atoms with Crippen molar-refractivity contribution in [2.24, 2.45) is 7.05 Å². The van der Waals surface area contributed by atoms with E-state index in [1.54, 1.807) is 23.0 Å². The van der Waals surface area contributed by atoms with Crippen LogP contribution in [0, 0.1) is 5.82 Å². The molecule has 5 rings (SSSR count). The van der Waals surface area contributed by atoms with Gasteiger partial charge in [0.2, 0.25) is 0 Å². The minimum atomic E-state index is -0.359. The van der Waals surface area contributed by atoms with Crippen LogP contribution >= 0.6 is 0 Å². The monoisotopic (exact) mass is 407 g/mol. The average Bonchev–Trinajstić information content (AvgIpc) is 3.50. The quantitative estimate of drug-likeness (QED) is 0.665. The molecule has 30 heavy (non-hydrogen) atoms. The summed E-state index contributed by atoms with van der Waals surface area (Å²) in [6.45, 7) is 3.91. The highest BCUT2D eigenvalue weighted by Gasteiger charge is 2.32. The summed E-state index contributed by atoms with van der Waals surface area (Å²) in [7, 11) is 1.85. The standard InChI is InChI=1S/C23H26FN5O/c1-27-14-16(13-25-27)22-12-20(19-11-17(24)6-7-21(19)26-22)23(30)29-10-4-5-18(29)15-28-8-2-3-9-28/h6-7,11-14,18H,2-5,8-10,15H2,1H3/t18-/m0/s1. The molecule has 2 aromatic heterocycles. The lowest BCUT2D eigenvalue weighted by Crippen LogP contribution is -2.42. The third kappa shape index (κ3) is 3.58. The number of benzene rings is 1. The third-order valence-corrected chi connectivity index (χ3v) is 6.31. The fraction of sp³-hybridized carbons (Fsp3) is 0.435. The zero-order valence-electron chi connectivity index (χ0n) is 17.2. The van der Waals surface area contributed by atoms with Gasteiger partial charge in [0, 0.05) is 43.3 Å². The highest BCUT2D eigenvalue weighted by Crippen LogP contribution is 2.29. The van der Waals surface area contributed by atoms with Gasteiger partial charge in [0.05, 0.1) is 23.0 Å². The predicted octanol–water partition coefficient (Wildman–Crippen LogP) is 3.47. The van der Waals surface area contributed by atoms with E-state index >= 15 is 0 Å². The summed E-state index contributed by atoms with van der Waals surface area (Å²) in [5.41, 5.74) is 2.66. The van der Waals surface area contributed by atoms with Crippen molar-refractivity contribution in [1.82, 2.24) is 24.6 Å². The Hall–Kier alpha value is -2.80. The number of aromatic nitrogens is 3. The Morgan fingerprint density at radius 3 is 2.77 bits per heavy atom. The van der Waals surface area contributed by atoms with Gasteiger partial charge in [-0.15, -0.1) is 0 Å². The molecule has 0 N–H and O–H groups in total. The summed E-state index contributed by atoms with van der Waals surface area (Å²) in [5.74, 6) is -0.387. The van der Waals surface area contributed by atoms with E-state index in [0.717, 1.165) is 44.6 Å². The molecule has 1 aromatic carbocycles. The topological polar surface area (TPSA) is 54.3 Å². The Bertz CT molecular complexity index is 1090. The van der Waals surface area contributed by atoms with E-state index in [-0.39, 0.29) is 17.8 Å². The van der Waals surface area contributed by atoms with Crippen LogP contribution in [0.25, 0.3) is 22.2 Å². The Labute approximate surface area is 175 Å². The van der Waals surface area contributed by atoms with Gasteiger partial charge < -0.3 is 9.80 Å². The number of amides is 1. The van der Waals surface area contributed by atoms with E-state index in [4.69, 9.17) is 0 Å². The van der Waals surface area contributed by atoms with Gasteiger partial charge in [0.1, 0.15) is 5.82 Å². The molecule has 2 saturated heterocycles. The first-order chi connectivity index (χ1) is 14.6. The molecule has 156 valence electrons. The molecule has 2 aliphatic rings. The number of fused-ring (bicyclic) bond motifs is 1. The van der Waals surface area contributed by atoms with Crippen molar-refractivity contribution in [3.63, 3.8) is 0 Å². The van der Waals surface area contributed by atoms with Crippen LogP contribution in [0.4, 0.5) is 4.39 Å². The summed E-state index contributed by atoms with van der Waals surface area (Å²) in [5, 5.41) is 4.79. The van der Waals surface area contributed by atoms with Crippen molar-refractivity contribution in [2.45, 2.75) is 31.7 Å². The van der Waals surface area contributed by atoms with E-state index in [2.05, 4.69) is 15.0 Å². The van der Waals surface area contributed by atoms with Crippen molar-refractivity contribution in [2.75, 3.05) is 26.2 Å². The zero-order chi connectivity index (χ0) is 20.7. The van der Waals surface area contributed by atoms with Crippen LogP contribution < -0.4 is 0 Å². The second-order valence-electron chi connectivity index (χ2n) is 8.42. The molecule has 2 aliphatic heterocycles. The van der Waals surface area contributed by atoms with Gasteiger partial charge in [-0.2, -0.15) is 5.10 Å². The number of aryl methyl sites for hydroxylation is 1. The second kappa shape index (κ2) is 7.80. The van der Waals surface area contributed by atoms with Gasteiger partial charge >= 0.3 is 0 Å². The van der Waals surface area contributed by atoms with Crippen molar-refractivity contribution in [3.05, 3.63) is 48.0 Å². The van der Waals surface area contributed by atoms with Crippen LogP contribution in [-0.2, 0) is 7.05 Å². The summed E-state index contributed by atoms with van der Waals surface area (Å²) >= 11 is 0. The third-order valence-electron chi connectivity index (χ3n) is 6.31. The zero-order valence-corrected chi connectivity index (χ0v) is 17.2. The molecule has 1 atom stereocenters. The molecular formula is C23H26FN5O. The fourth-order valence-electron chi connectivity index (χ4n) is 4.79. The van der Waals surface area contributed by atoms with E-state index in [0.29, 0.717) is 22.2 Å². The number of carbonyl (C=O) groups is 1. The normalized spacial score (nSPS) is 19.8. The average molecular weight is 407 g/mol. The maximum atomic E-state index is 14.1. The van der Waals surface area contributed by atoms with Crippen molar-refractivity contribution < 1.29 is 9.18 Å². The Morgan fingerprint density at radius 1 is 1.17 bits per heavy atom. The van der Waals surface area contributed by atoms with Crippen molar-refractivity contribution in [1.29, 1.82) is 0 Å². The molecule has 0 bridgehead atoms. The highest BCUT2D eigenvalue weighted by atomic mass is 19.1. The maximum absolute atomic E-state index is 14.1. The molecule has 1 amide bonds. The number of rotatable bonds is 4. The lowest BCUT2D eigenvalue weighted by molar-refractivity contribution is 0.0710. The molecule has 3 aromatic rings. The van der Waals surface area contributed by atoms with Gasteiger partial charge in [0.25, 0.3) is 5.91 Å². The second-order valence-corrected chi connectivity index (χ2v) is 8.42. The molecule has 0 spiro atoms. The molecule has 0 saturated carbocycles. The van der Waals surface area contributed by atoms with Gasteiger partial charge in [-0.25, -0.2) is 9.37 Å². The van der Waals surface area contributed by atoms with Gasteiger partial charge in [0.15, 0.2) is 0 Å². The Morgan fingerprint density at radius 2 is 2.00 bits per heavy atom. The highest BCUT2D eigenvalue weighted by molar-refractivity contribution is 6.07. The van der Waals surface area contributed by atoms with Crippen LogP contribution in [0.5, 0.6) is 0 Å². The first-order valence-electron chi connectivity index (χ1n) is 10.7. The van der Waals surface area contributed by atoms with Crippen LogP contribution in [0.2, 0.25) is 0 Å². The van der Waals surface area contributed by atoms with Crippen molar-refractivity contribution in [3.8, 4) is 11.3 Å². The van der Waals surface area contributed by atoms with Gasteiger partial charge in [-0.1, -0.05) is 0 Å². The molecule has 0 aliphatic carbocycles. The predicted molar refractivity (Wildman–Crippen MR) is 114 cm³/mol. The van der Waals surface area contributed by atoms with E-state index < -0.39 is 0 Å². The first kappa shape index (κ1) is 19.2. The first-order valence-corrected chi connectivity index (χ1v) is 10.7. The minimum Gasteiger partial charge on any atom is -0.334 e. The number of pyridine rings is 1. The van der Waals surface area contributed by atoms with Crippen LogP contribution in [-0.4, -0.2) is 62.7 Å². The molecule has 0 radical (unpaired) electrons. The number of halogens is 1. The van der Waals surface area contributed by atoms with Crippen LogP contribution in [0.1, 0.15) is 36.0 Å². The van der Waals surface area contributed by atoms with Crippen LogP contribution in [0.15, 0.2) is 36.7 Å². The summed E-state index contributed by atoms with van der Waals surface area (Å²) < 4.78 is 15.8. The maximum Gasteiger partial charge on any atom is 0.254 e. The number of carbonyl (C=O) groups excluding carboxylic acids is 1. The fourth-order valence-corrected chi connectivity index (χ4v) is 4.79. The molecule has 0 unspecified atom stereocenters. The van der Waals surface area contributed by atoms with Gasteiger partial charge in [-0.05, 0) is 63.0 Å². The number of hydrogen-bond donors (Lipinski definition) is 0. The number of hydrogen-bond acceptors (Lipinski definition) is 4. The molecule has 4 heterocycles. The summed E-state index contributed by atoms with van der Waals surface area (Å²) in [6.07, 6.45) is 8.12. The summed E-state index contributed by atoms with van der Waals surface area (Å²) in [6, 6.07) is 6.48. The van der Waals surface area contributed by atoms with Crippen molar-refractivity contribution >= 4 is 16.8 Å². The molecule has 2 fully saturated rings. The molecule has 7 heteroatoms. The number of likely N-dealkylation sites (tertiary alicyclic amines) is 2. The lowest BCUT2D eigenvalue weighted by Gasteiger charge is -2.29. The Balaban J connectivity index is 1.54. The van der Waals surface area contributed by atoms with Crippen LogP contribution in [0.3, 0.4) is 0 Å².